The molecule has 3 nitrogen and oxygen atoms in total. The molecule has 0 aliphatic carbocycles. The third kappa shape index (κ3) is 3.25. The number of aromatic nitrogens is 1. The van der Waals surface area contributed by atoms with Crippen LogP contribution < -0.4 is 0 Å². The summed E-state index contributed by atoms with van der Waals surface area (Å²) in [6, 6.07) is 8.21. The van der Waals surface area contributed by atoms with Crippen LogP contribution in [-0.4, -0.2) is 34.7 Å². The lowest BCUT2D eigenvalue weighted by molar-refractivity contribution is 0.190. The smallest absolute Gasteiger partial charge is 0.108 e. The molecule has 1 heterocycles. The van der Waals surface area contributed by atoms with Gasteiger partial charge in [-0.2, -0.15) is 0 Å². The highest BCUT2D eigenvalue weighted by molar-refractivity contribution is 7.18. The highest BCUT2D eigenvalue weighted by Crippen LogP contribution is 2.22. The van der Waals surface area contributed by atoms with Crippen LogP contribution in [-0.2, 0) is 6.54 Å². The Balaban J connectivity index is 2.10. The van der Waals surface area contributed by atoms with Gasteiger partial charge in [-0.1, -0.05) is 19.1 Å². The normalized spacial score (nSPS) is 11.5. The van der Waals surface area contributed by atoms with Crippen LogP contribution in [0, 0.1) is 0 Å². The van der Waals surface area contributed by atoms with Crippen molar-refractivity contribution in [2.45, 2.75) is 19.9 Å². The summed E-state index contributed by atoms with van der Waals surface area (Å²) in [5.74, 6) is 0. The predicted octanol–water partition coefficient (Wildman–Crippen LogP) is 2.50. The number of para-hydroxylation sites is 1. The Bertz CT molecular complexity index is 430. The second kappa shape index (κ2) is 6.10. The van der Waals surface area contributed by atoms with Crippen molar-refractivity contribution in [2.75, 3.05) is 19.7 Å². The molecule has 0 radical (unpaired) electrons. The maximum atomic E-state index is 9.02. The molecular formula is C13H18N2OS. The first-order valence-corrected chi connectivity index (χ1v) is 6.82. The van der Waals surface area contributed by atoms with E-state index in [1.54, 1.807) is 11.3 Å². The lowest BCUT2D eigenvalue weighted by atomic mass is 10.3. The summed E-state index contributed by atoms with van der Waals surface area (Å²) in [5.41, 5.74) is 1.08. The number of aliphatic hydroxyl groups is 1. The number of aliphatic hydroxyl groups excluding tert-OH is 1. The highest BCUT2D eigenvalue weighted by atomic mass is 32.1. The molecule has 0 aliphatic rings. The van der Waals surface area contributed by atoms with E-state index in [2.05, 4.69) is 22.9 Å². The second-order valence-corrected chi connectivity index (χ2v) is 5.19. The number of thiazole rings is 1. The summed E-state index contributed by atoms with van der Waals surface area (Å²) >= 11 is 1.74. The van der Waals surface area contributed by atoms with Crippen molar-refractivity contribution < 1.29 is 5.11 Å². The maximum Gasteiger partial charge on any atom is 0.108 e. The second-order valence-electron chi connectivity index (χ2n) is 4.08. The molecule has 0 saturated carbocycles. The third-order valence-corrected chi connectivity index (χ3v) is 3.67. The summed E-state index contributed by atoms with van der Waals surface area (Å²) in [5, 5.41) is 10.2. The van der Waals surface area contributed by atoms with Gasteiger partial charge in [-0.05, 0) is 25.1 Å². The van der Waals surface area contributed by atoms with Crippen LogP contribution in [0.15, 0.2) is 24.3 Å². The molecule has 92 valence electrons. The molecule has 0 aliphatic heterocycles. The highest BCUT2D eigenvalue weighted by Gasteiger charge is 2.08. The summed E-state index contributed by atoms with van der Waals surface area (Å²) in [4.78, 5) is 6.86. The lowest BCUT2D eigenvalue weighted by Gasteiger charge is -2.18. The Hall–Kier alpha value is -0.970. The van der Waals surface area contributed by atoms with Gasteiger partial charge in [0.25, 0.3) is 0 Å². The van der Waals surface area contributed by atoms with Gasteiger partial charge >= 0.3 is 0 Å². The SMILES string of the molecule is CCCN(CCO)Cc1nc2ccccc2s1. The average Bonchev–Trinajstić information content (AvgIpc) is 2.71. The van der Waals surface area contributed by atoms with Crippen LogP contribution >= 0.6 is 11.3 Å². The van der Waals surface area contributed by atoms with Crippen molar-refractivity contribution in [1.29, 1.82) is 0 Å². The van der Waals surface area contributed by atoms with Gasteiger partial charge in [0.1, 0.15) is 5.01 Å². The minimum Gasteiger partial charge on any atom is -0.395 e. The van der Waals surface area contributed by atoms with Crippen molar-refractivity contribution in [3.8, 4) is 0 Å². The van der Waals surface area contributed by atoms with Gasteiger partial charge in [0.2, 0.25) is 0 Å². The van der Waals surface area contributed by atoms with Gasteiger partial charge in [-0.25, -0.2) is 4.98 Å². The fourth-order valence-electron chi connectivity index (χ4n) is 1.91. The fourth-order valence-corrected chi connectivity index (χ4v) is 2.92. The summed E-state index contributed by atoms with van der Waals surface area (Å²) in [6.45, 7) is 4.95. The van der Waals surface area contributed by atoms with Gasteiger partial charge in [-0.3, -0.25) is 4.90 Å². The van der Waals surface area contributed by atoms with Crippen LogP contribution in [0.3, 0.4) is 0 Å². The zero-order valence-electron chi connectivity index (χ0n) is 10.1. The molecule has 2 aromatic rings. The van der Waals surface area contributed by atoms with Crippen molar-refractivity contribution in [1.82, 2.24) is 9.88 Å². The summed E-state index contributed by atoms with van der Waals surface area (Å²) < 4.78 is 1.24. The van der Waals surface area contributed by atoms with E-state index in [0.29, 0.717) is 0 Å². The molecule has 0 saturated heterocycles. The van der Waals surface area contributed by atoms with E-state index in [4.69, 9.17) is 5.11 Å². The number of nitrogens with zero attached hydrogens (tertiary/aromatic N) is 2. The van der Waals surface area contributed by atoms with Gasteiger partial charge in [0.05, 0.1) is 23.4 Å². The van der Waals surface area contributed by atoms with Gasteiger partial charge in [0.15, 0.2) is 0 Å². The Morgan fingerprint density at radius 3 is 2.82 bits per heavy atom. The quantitative estimate of drug-likeness (QED) is 0.855. The predicted molar refractivity (Wildman–Crippen MR) is 72.3 cm³/mol. The van der Waals surface area contributed by atoms with Crippen LogP contribution in [0.25, 0.3) is 10.2 Å². The Morgan fingerprint density at radius 1 is 1.29 bits per heavy atom. The molecule has 2 rings (SSSR count). The van der Waals surface area contributed by atoms with E-state index >= 15 is 0 Å². The largest absolute Gasteiger partial charge is 0.395 e. The van der Waals surface area contributed by atoms with Crippen molar-refractivity contribution in [2.24, 2.45) is 0 Å². The third-order valence-electron chi connectivity index (χ3n) is 2.65. The number of benzene rings is 1. The number of hydrogen-bond donors (Lipinski definition) is 1. The Labute approximate surface area is 106 Å². The molecule has 0 bridgehead atoms. The van der Waals surface area contributed by atoms with E-state index < -0.39 is 0 Å². The fraction of sp³-hybridized carbons (Fsp3) is 0.462. The average molecular weight is 250 g/mol. The minimum atomic E-state index is 0.213. The number of fused-ring (bicyclic) bond motifs is 1. The van der Waals surface area contributed by atoms with E-state index in [1.807, 2.05) is 18.2 Å². The van der Waals surface area contributed by atoms with E-state index in [-0.39, 0.29) is 6.61 Å². The standard InChI is InChI=1S/C13H18N2OS/c1-2-7-15(8-9-16)10-13-14-11-5-3-4-6-12(11)17-13/h3-6,16H,2,7-10H2,1H3. The number of hydrogen-bond acceptors (Lipinski definition) is 4. The van der Waals surface area contributed by atoms with Crippen molar-refractivity contribution in [3.63, 3.8) is 0 Å². The van der Waals surface area contributed by atoms with Crippen molar-refractivity contribution >= 4 is 21.6 Å². The van der Waals surface area contributed by atoms with Gasteiger partial charge in [0, 0.05) is 6.54 Å². The van der Waals surface area contributed by atoms with Crippen LogP contribution in [0.1, 0.15) is 18.4 Å². The van der Waals surface area contributed by atoms with Crippen LogP contribution in [0.5, 0.6) is 0 Å². The molecule has 0 unspecified atom stereocenters. The lowest BCUT2D eigenvalue weighted by Crippen LogP contribution is -2.27. The van der Waals surface area contributed by atoms with E-state index in [0.717, 1.165) is 36.6 Å². The molecule has 0 spiro atoms. The first-order valence-electron chi connectivity index (χ1n) is 6.01. The van der Waals surface area contributed by atoms with Crippen LogP contribution in [0.2, 0.25) is 0 Å². The molecular weight excluding hydrogens is 232 g/mol. The minimum absolute atomic E-state index is 0.213. The first kappa shape index (κ1) is 12.5. The molecule has 1 aromatic carbocycles. The molecule has 0 atom stereocenters. The first-order chi connectivity index (χ1) is 8.33. The molecule has 0 fully saturated rings. The topological polar surface area (TPSA) is 36.4 Å². The monoisotopic (exact) mass is 250 g/mol. The molecule has 0 amide bonds. The molecule has 17 heavy (non-hydrogen) atoms. The van der Waals surface area contributed by atoms with Crippen LogP contribution in [0.4, 0.5) is 0 Å². The zero-order valence-corrected chi connectivity index (χ0v) is 10.9. The molecule has 1 aromatic heterocycles. The summed E-state index contributed by atoms with van der Waals surface area (Å²) in [7, 11) is 0. The van der Waals surface area contributed by atoms with Crippen molar-refractivity contribution in [3.05, 3.63) is 29.3 Å². The van der Waals surface area contributed by atoms with E-state index in [1.165, 1.54) is 4.70 Å². The maximum absolute atomic E-state index is 9.02. The Morgan fingerprint density at radius 2 is 2.12 bits per heavy atom. The molecule has 1 N–H and O–H groups in total. The van der Waals surface area contributed by atoms with Gasteiger partial charge < -0.3 is 5.11 Å². The summed E-state index contributed by atoms with van der Waals surface area (Å²) in [6.07, 6.45) is 1.10. The van der Waals surface area contributed by atoms with Gasteiger partial charge in [-0.15, -0.1) is 11.3 Å². The number of rotatable bonds is 6. The Kier molecular flexibility index (Phi) is 4.48. The zero-order chi connectivity index (χ0) is 12.1. The molecule has 4 heteroatoms. The van der Waals surface area contributed by atoms with E-state index in [9.17, 15) is 0 Å².